The molecular formula is C20H20N6O. The van der Waals surface area contributed by atoms with Crippen molar-refractivity contribution in [3.8, 4) is 22.5 Å². The van der Waals surface area contributed by atoms with Gasteiger partial charge in [-0.05, 0) is 37.5 Å². The molecule has 1 N–H and O–H groups in total. The predicted molar refractivity (Wildman–Crippen MR) is 102 cm³/mol. The molecule has 0 aromatic carbocycles. The molecule has 7 nitrogen and oxygen atoms in total. The van der Waals surface area contributed by atoms with E-state index in [-0.39, 0.29) is 6.61 Å². The molecule has 0 spiro atoms. The van der Waals surface area contributed by atoms with Crippen molar-refractivity contribution in [2.75, 3.05) is 6.61 Å². The van der Waals surface area contributed by atoms with Gasteiger partial charge in [0.05, 0.1) is 17.5 Å². The van der Waals surface area contributed by atoms with Crippen molar-refractivity contribution < 1.29 is 5.11 Å². The van der Waals surface area contributed by atoms with E-state index >= 15 is 0 Å². The average molecular weight is 360 g/mol. The molecule has 136 valence electrons. The Hall–Kier alpha value is -3.06. The SMILES string of the molecule is OCCCn1cnc2ncc(-c3c(-c4ccccn4)nn4c3CCC4)cc21. The summed E-state index contributed by atoms with van der Waals surface area (Å²) in [6, 6.07) is 8.04. The number of rotatable bonds is 5. The van der Waals surface area contributed by atoms with Gasteiger partial charge in [-0.25, -0.2) is 9.97 Å². The Labute approximate surface area is 156 Å². The van der Waals surface area contributed by atoms with Gasteiger partial charge < -0.3 is 9.67 Å². The third-order valence-electron chi connectivity index (χ3n) is 5.07. The van der Waals surface area contributed by atoms with Crippen LogP contribution in [-0.4, -0.2) is 41.0 Å². The maximum absolute atomic E-state index is 9.14. The molecule has 5 heterocycles. The minimum absolute atomic E-state index is 0.160. The first-order valence-corrected chi connectivity index (χ1v) is 9.28. The molecule has 0 saturated heterocycles. The Morgan fingerprint density at radius 2 is 2.11 bits per heavy atom. The number of hydrogen-bond donors (Lipinski definition) is 1. The molecule has 0 saturated carbocycles. The van der Waals surface area contributed by atoms with Crippen molar-refractivity contribution in [2.24, 2.45) is 0 Å². The quantitative estimate of drug-likeness (QED) is 0.592. The summed E-state index contributed by atoms with van der Waals surface area (Å²) in [5, 5.41) is 14.0. The smallest absolute Gasteiger partial charge is 0.177 e. The lowest BCUT2D eigenvalue weighted by atomic mass is 10.0. The van der Waals surface area contributed by atoms with E-state index in [1.807, 2.05) is 29.0 Å². The fourth-order valence-corrected chi connectivity index (χ4v) is 3.82. The van der Waals surface area contributed by atoms with Crippen LogP contribution in [0.25, 0.3) is 33.7 Å². The van der Waals surface area contributed by atoms with Gasteiger partial charge >= 0.3 is 0 Å². The minimum atomic E-state index is 0.160. The van der Waals surface area contributed by atoms with E-state index in [0.29, 0.717) is 6.42 Å². The molecule has 0 amide bonds. The van der Waals surface area contributed by atoms with Gasteiger partial charge in [0.15, 0.2) is 5.65 Å². The maximum Gasteiger partial charge on any atom is 0.177 e. The summed E-state index contributed by atoms with van der Waals surface area (Å²) < 4.78 is 4.15. The van der Waals surface area contributed by atoms with Gasteiger partial charge in [-0.3, -0.25) is 9.67 Å². The summed E-state index contributed by atoms with van der Waals surface area (Å²) in [6.45, 7) is 1.82. The summed E-state index contributed by atoms with van der Waals surface area (Å²) in [5.41, 5.74) is 6.90. The minimum Gasteiger partial charge on any atom is -0.396 e. The second kappa shape index (κ2) is 6.59. The number of aromatic nitrogens is 6. The molecule has 1 aliphatic rings. The zero-order valence-corrected chi connectivity index (χ0v) is 14.9. The molecule has 27 heavy (non-hydrogen) atoms. The van der Waals surface area contributed by atoms with Gasteiger partial charge in [-0.15, -0.1) is 0 Å². The Balaban J connectivity index is 1.68. The zero-order valence-electron chi connectivity index (χ0n) is 14.9. The van der Waals surface area contributed by atoms with E-state index < -0.39 is 0 Å². The second-order valence-corrected chi connectivity index (χ2v) is 6.79. The molecule has 0 unspecified atom stereocenters. The monoisotopic (exact) mass is 360 g/mol. The highest BCUT2D eigenvalue weighted by atomic mass is 16.3. The third kappa shape index (κ3) is 2.71. The molecule has 1 aliphatic heterocycles. The molecule has 0 radical (unpaired) electrons. The molecule has 0 atom stereocenters. The highest BCUT2D eigenvalue weighted by Gasteiger charge is 2.25. The van der Waals surface area contributed by atoms with Crippen LogP contribution in [0, 0.1) is 0 Å². The van der Waals surface area contributed by atoms with E-state index in [1.54, 1.807) is 12.5 Å². The predicted octanol–water partition coefficient (Wildman–Crippen LogP) is 2.69. The Morgan fingerprint density at radius 1 is 1.15 bits per heavy atom. The van der Waals surface area contributed by atoms with E-state index in [1.165, 1.54) is 5.69 Å². The lowest BCUT2D eigenvalue weighted by molar-refractivity contribution is 0.280. The molecule has 4 aromatic heterocycles. The van der Waals surface area contributed by atoms with Crippen molar-refractivity contribution in [3.63, 3.8) is 0 Å². The molecule has 5 rings (SSSR count). The summed E-state index contributed by atoms with van der Waals surface area (Å²) in [4.78, 5) is 13.5. The molecular weight excluding hydrogens is 340 g/mol. The second-order valence-electron chi connectivity index (χ2n) is 6.79. The lowest BCUT2D eigenvalue weighted by Crippen LogP contribution is -1.99. The summed E-state index contributed by atoms with van der Waals surface area (Å²) in [5.74, 6) is 0. The van der Waals surface area contributed by atoms with Crippen molar-refractivity contribution >= 4 is 11.2 Å². The molecule has 0 bridgehead atoms. The number of imidazole rings is 1. The van der Waals surface area contributed by atoms with Gasteiger partial charge in [-0.1, -0.05) is 6.07 Å². The molecule has 7 heteroatoms. The number of fused-ring (bicyclic) bond motifs is 2. The van der Waals surface area contributed by atoms with E-state index in [9.17, 15) is 0 Å². The van der Waals surface area contributed by atoms with Crippen LogP contribution in [0.5, 0.6) is 0 Å². The number of aryl methyl sites for hydroxylation is 2. The standard InChI is InChI=1S/C20H20N6O/c27-10-4-8-25-13-23-20-17(25)11-14(12-22-20)18-16-6-3-9-26(16)24-19(18)15-5-1-2-7-21-15/h1-2,5,7,11-13,27H,3-4,6,8-10H2. The third-order valence-corrected chi connectivity index (χ3v) is 5.07. The van der Waals surface area contributed by atoms with Gasteiger partial charge in [0.25, 0.3) is 0 Å². The number of pyridine rings is 2. The Kier molecular flexibility index (Phi) is 3.94. The van der Waals surface area contributed by atoms with E-state index in [2.05, 4.69) is 25.7 Å². The molecule has 4 aromatic rings. The number of nitrogens with zero attached hydrogens (tertiary/aromatic N) is 6. The van der Waals surface area contributed by atoms with Crippen molar-refractivity contribution in [2.45, 2.75) is 32.4 Å². The first-order chi connectivity index (χ1) is 13.3. The fraction of sp³-hybridized carbons (Fsp3) is 0.300. The van der Waals surface area contributed by atoms with E-state index in [0.717, 1.165) is 59.6 Å². The van der Waals surface area contributed by atoms with Crippen LogP contribution < -0.4 is 0 Å². The lowest BCUT2D eigenvalue weighted by Gasteiger charge is -2.07. The topological polar surface area (TPSA) is 81.7 Å². The molecule has 0 fully saturated rings. The van der Waals surface area contributed by atoms with Crippen LogP contribution in [0.3, 0.4) is 0 Å². The van der Waals surface area contributed by atoms with Crippen molar-refractivity contribution in [3.05, 3.63) is 48.7 Å². The van der Waals surface area contributed by atoms with Gasteiger partial charge in [-0.2, -0.15) is 5.10 Å². The fourth-order valence-electron chi connectivity index (χ4n) is 3.82. The number of aliphatic hydroxyl groups excluding tert-OH is 1. The summed E-state index contributed by atoms with van der Waals surface area (Å²) in [6.07, 6.45) is 8.29. The summed E-state index contributed by atoms with van der Waals surface area (Å²) in [7, 11) is 0. The highest BCUT2D eigenvalue weighted by Crippen LogP contribution is 2.37. The van der Waals surface area contributed by atoms with Crippen molar-refractivity contribution in [1.82, 2.24) is 29.3 Å². The van der Waals surface area contributed by atoms with Crippen LogP contribution in [-0.2, 0) is 19.5 Å². The number of aliphatic hydroxyl groups is 1. The first-order valence-electron chi connectivity index (χ1n) is 9.28. The van der Waals surface area contributed by atoms with E-state index in [4.69, 9.17) is 10.2 Å². The Morgan fingerprint density at radius 3 is 2.96 bits per heavy atom. The normalized spacial score (nSPS) is 13.4. The Bertz CT molecular complexity index is 1100. The highest BCUT2D eigenvalue weighted by molar-refractivity contribution is 5.86. The van der Waals surface area contributed by atoms with Crippen LogP contribution >= 0.6 is 0 Å². The van der Waals surface area contributed by atoms with Gasteiger partial charge in [0.1, 0.15) is 5.69 Å². The zero-order chi connectivity index (χ0) is 18.2. The van der Waals surface area contributed by atoms with Crippen LogP contribution in [0.2, 0.25) is 0 Å². The number of hydrogen-bond acceptors (Lipinski definition) is 5. The van der Waals surface area contributed by atoms with Crippen molar-refractivity contribution in [1.29, 1.82) is 0 Å². The summed E-state index contributed by atoms with van der Waals surface area (Å²) >= 11 is 0. The van der Waals surface area contributed by atoms with Crippen LogP contribution in [0.15, 0.2) is 43.0 Å². The van der Waals surface area contributed by atoms with Crippen LogP contribution in [0.4, 0.5) is 0 Å². The first kappa shape index (κ1) is 16.1. The van der Waals surface area contributed by atoms with Crippen LogP contribution in [0.1, 0.15) is 18.5 Å². The largest absolute Gasteiger partial charge is 0.396 e. The van der Waals surface area contributed by atoms with Gasteiger partial charge in [0.2, 0.25) is 0 Å². The maximum atomic E-state index is 9.14. The van der Waals surface area contributed by atoms with Gasteiger partial charge in [0, 0.05) is 48.9 Å². The average Bonchev–Trinajstić information content (AvgIpc) is 3.40. The molecule has 0 aliphatic carbocycles.